The van der Waals surface area contributed by atoms with Gasteiger partial charge in [0, 0.05) is 5.25 Å². The molecular formula is C8H12S2. The van der Waals surface area contributed by atoms with Crippen molar-refractivity contribution in [2.75, 3.05) is 11.5 Å². The normalized spacial score (nSPS) is 39.2. The van der Waals surface area contributed by atoms with Crippen LogP contribution in [-0.2, 0) is 0 Å². The molecule has 0 saturated carbocycles. The Balaban J connectivity index is 1.87. The van der Waals surface area contributed by atoms with Crippen LogP contribution in [0.3, 0.4) is 0 Å². The third kappa shape index (κ3) is 1.37. The largest absolute Gasteiger partial charge is 0.162 e. The number of hydrogen-bond acceptors (Lipinski definition) is 2. The van der Waals surface area contributed by atoms with Crippen LogP contribution in [0.25, 0.3) is 0 Å². The lowest BCUT2D eigenvalue weighted by molar-refractivity contribution is 0.573. The lowest BCUT2D eigenvalue weighted by Gasteiger charge is -2.14. The molecule has 0 nitrogen and oxygen atoms in total. The van der Waals surface area contributed by atoms with Gasteiger partial charge >= 0.3 is 0 Å². The van der Waals surface area contributed by atoms with E-state index in [2.05, 4.69) is 23.2 Å². The maximum atomic E-state index is 2.32. The highest BCUT2D eigenvalue weighted by Crippen LogP contribution is 2.37. The molecule has 0 aromatic rings. The van der Waals surface area contributed by atoms with Crippen molar-refractivity contribution in [3.8, 4) is 0 Å². The highest BCUT2D eigenvalue weighted by Gasteiger charge is 2.25. The van der Waals surface area contributed by atoms with Gasteiger partial charge in [-0.05, 0) is 35.7 Å². The first-order valence-corrected chi connectivity index (χ1v) is 5.95. The molecule has 2 unspecified atom stereocenters. The first-order valence-electron chi connectivity index (χ1n) is 3.85. The minimum absolute atomic E-state index is 0.940. The monoisotopic (exact) mass is 172 g/mol. The molecule has 2 aliphatic rings. The molecule has 2 atom stereocenters. The van der Waals surface area contributed by atoms with Crippen molar-refractivity contribution in [3.63, 3.8) is 0 Å². The standard InChI is InChI=1S/C8H12S2/c1-2-8(10-4-1)7-3-5-9-6-7/h1,4,7-8H,2-3,5-6H2. The summed E-state index contributed by atoms with van der Waals surface area (Å²) in [5.41, 5.74) is 0. The van der Waals surface area contributed by atoms with Gasteiger partial charge in [0.15, 0.2) is 0 Å². The topological polar surface area (TPSA) is 0 Å². The van der Waals surface area contributed by atoms with Crippen molar-refractivity contribution in [1.82, 2.24) is 0 Å². The molecule has 1 saturated heterocycles. The number of thioether (sulfide) groups is 2. The molecule has 2 rings (SSSR count). The number of hydrogen-bond donors (Lipinski definition) is 0. The summed E-state index contributed by atoms with van der Waals surface area (Å²) >= 11 is 4.17. The van der Waals surface area contributed by atoms with Crippen LogP contribution in [0.2, 0.25) is 0 Å². The summed E-state index contributed by atoms with van der Waals surface area (Å²) in [4.78, 5) is 0. The molecule has 0 aliphatic carbocycles. The molecule has 0 bridgehead atoms. The Morgan fingerprint density at radius 3 is 3.00 bits per heavy atom. The van der Waals surface area contributed by atoms with Gasteiger partial charge in [-0.3, -0.25) is 0 Å². The average Bonchev–Trinajstić information content (AvgIpc) is 2.59. The third-order valence-electron chi connectivity index (χ3n) is 2.21. The summed E-state index contributed by atoms with van der Waals surface area (Å²) in [6.07, 6.45) is 5.11. The van der Waals surface area contributed by atoms with E-state index in [1.54, 1.807) is 0 Å². The van der Waals surface area contributed by atoms with E-state index >= 15 is 0 Å². The van der Waals surface area contributed by atoms with E-state index in [-0.39, 0.29) is 0 Å². The maximum absolute atomic E-state index is 2.32. The van der Waals surface area contributed by atoms with Gasteiger partial charge in [0.05, 0.1) is 0 Å². The Hall–Kier alpha value is 0.440. The zero-order valence-electron chi connectivity index (χ0n) is 5.95. The average molecular weight is 172 g/mol. The van der Waals surface area contributed by atoms with E-state index < -0.39 is 0 Å². The molecule has 2 heterocycles. The van der Waals surface area contributed by atoms with E-state index in [1.807, 2.05) is 11.8 Å². The van der Waals surface area contributed by atoms with E-state index in [0.29, 0.717) is 0 Å². The summed E-state index contributed by atoms with van der Waals surface area (Å²) in [7, 11) is 0. The Labute approximate surface area is 70.8 Å². The van der Waals surface area contributed by atoms with Crippen molar-refractivity contribution < 1.29 is 0 Å². The quantitative estimate of drug-likeness (QED) is 0.596. The van der Waals surface area contributed by atoms with Crippen LogP contribution in [0.15, 0.2) is 11.5 Å². The smallest absolute Gasteiger partial charge is 0.0159 e. The maximum Gasteiger partial charge on any atom is 0.0159 e. The SMILES string of the molecule is C1=CSC(C2CCSC2)C1. The molecule has 1 fully saturated rings. The van der Waals surface area contributed by atoms with Gasteiger partial charge in [0.1, 0.15) is 0 Å². The summed E-state index contributed by atoms with van der Waals surface area (Å²) in [6.45, 7) is 0. The Bertz CT molecular complexity index is 128. The molecule has 0 amide bonds. The third-order valence-corrected chi connectivity index (χ3v) is 4.67. The summed E-state index contributed by atoms with van der Waals surface area (Å²) < 4.78 is 0. The molecule has 0 spiro atoms. The Morgan fingerprint density at radius 2 is 2.40 bits per heavy atom. The van der Waals surface area contributed by atoms with Crippen molar-refractivity contribution in [3.05, 3.63) is 11.5 Å². The summed E-state index contributed by atoms with van der Waals surface area (Å²) in [5.74, 6) is 3.84. The van der Waals surface area contributed by atoms with Gasteiger partial charge in [-0.1, -0.05) is 6.08 Å². The van der Waals surface area contributed by atoms with E-state index in [0.717, 1.165) is 11.2 Å². The van der Waals surface area contributed by atoms with Gasteiger partial charge in [-0.2, -0.15) is 11.8 Å². The van der Waals surface area contributed by atoms with Crippen LogP contribution < -0.4 is 0 Å². The molecule has 0 aromatic carbocycles. The minimum Gasteiger partial charge on any atom is -0.162 e. The fourth-order valence-corrected chi connectivity index (χ4v) is 4.11. The zero-order chi connectivity index (χ0) is 6.81. The highest BCUT2D eigenvalue weighted by molar-refractivity contribution is 8.03. The molecule has 0 aromatic heterocycles. The summed E-state index contributed by atoms with van der Waals surface area (Å²) in [5, 5.41) is 3.21. The Kier molecular flexibility index (Phi) is 2.29. The van der Waals surface area contributed by atoms with Gasteiger partial charge in [-0.15, -0.1) is 11.8 Å². The van der Waals surface area contributed by atoms with Gasteiger partial charge in [-0.25, -0.2) is 0 Å². The second-order valence-electron chi connectivity index (χ2n) is 2.91. The fourth-order valence-electron chi connectivity index (χ4n) is 1.55. The minimum atomic E-state index is 0.940. The summed E-state index contributed by atoms with van der Waals surface area (Å²) in [6, 6.07) is 0. The predicted molar refractivity (Wildman–Crippen MR) is 50.6 cm³/mol. The number of allylic oxidation sites excluding steroid dienone is 1. The second-order valence-corrected chi connectivity index (χ2v) is 5.21. The molecule has 10 heavy (non-hydrogen) atoms. The van der Waals surface area contributed by atoms with Crippen LogP contribution in [0, 0.1) is 5.92 Å². The van der Waals surface area contributed by atoms with Crippen LogP contribution in [0.1, 0.15) is 12.8 Å². The lowest BCUT2D eigenvalue weighted by Crippen LogP contribution is -2.13. The molecule has 0 radical (unpaired) electrons. The second kappa shape index (κ2) is 3.22. The van der Waals surface area contributed by atoms with E-state index in [9.17, 15) is 0 Å². The predicted octanol–water partition coefficient (Wildman–Crippen LogP) is 2.76. The van der Waals surface area contributed by atoms with Crippen molar-refractivity contribution in [2.45, 2.75) is 18.1 Å². The van der Waals surface area contributed by atoms with Crippen molar-refractivity contribution >= 4 is 23.5 Å². The van der Waals surface area contributed by atoms with E-state index in [4.69, 9.17) is 0 Å². The molecule has 2 aliphatic heterocycles. The van der Waals surface area contributed by atoms with Gasteiger partial charge in [0.2, 0.25) is 0 Å². The van der Waals surface area contributed by atoms with Crippen molar-refractivity contribution in [1.29, 1.82) is 0 Å². The Morgan fingerprint density at radius 1 is 1.40 bits per heavy atom. The molecule has 2 heteroatoms. The van der Waals surface area contributed by atoms with Gasteiger partial charge < -0.3 is 0 Å². The van der Waals surface area contributed by atoms with Gasteiger partial charge in [0.25, 0.3) is 0 Å². The van der Waals surface area contributed by atoms with Crippen LogP contribution in [-0.4, -0.2) is 16.8 Å². The highest BCUT2D eigenvalue weighted by atomic mass is 32.2. The van der Waals surface area contributed by atoms with Crippen LogP contribution in [0.5, 0.6) is 0 Å². The van der Waals surface area contributed by atoms with Crippen LogP contribution in [0.4, 0.5) is 0 Å². The van der Waals surface area contributed by atoms with Crippen LogP contribution >= 0.6 is 23.5 Å². The first kappa shape index (κ1) is 7.11. The first-order chi connectivity index (χ1) is 4.97. The zero-order valence-corrected chi connectivity index (χ0v) is 7.59. The molecule has 0 N–H and O–H groups in total. The molecule has 56 valence electrons. The van der Waals surface area contributed by atoms with Crippen molar-refractivity contribution in [2.24, 2.45) is 5.92 Å². The fraction of sp³-hybridized carbons (Fsp3) is 0.750. The lowest BCUT2D eigenvalue weighted by atomic mass is 10.0. The number of rotatable bonds is 1. The van der Waals surface area contributed by atoms with E-state index in [1.165, 1.54) is 24.3 Å². The molecular weight excluding hydrogens is 160 g/mol.